The molecule has 1 heterocycles. The first kappa shape index (κ1) is 26.7. The van der Waals surface area contributed by atoms with Gasteiger partial charge in [-0.1, -0.05) is 0 Å². The van der Waals surface area contributed by atoms with Crippen molar-refractivity contribution < 1.29 is 23.5 Å². The molecule has 190 valence electrons. The number of nitrogens with zero attached hydrogens (tertiary/aromatic N) is 2. The summed E-state index contributed by atoms with van der Waals surface area (Å²) in [4.78, 5) is 26.3. The number of amides is 2. The number of carbonyl (C=O) groups is 2. The van der Waals surface area contributed by atoms with E-state index in [2.05, 4.69) is 21.6 Å². The van der Waals surface area contributed by atoms with Gasteiger partial charge in [-0.15, -0.1) is 0 Å². The van der Waals surface area contributed by atoms with Gasteiger partial charge >= 0.3 is 0 Å². The third-order valence-corrected chi connectivity index (χ3v) is 5.98. The number of rotatable bonds is 10. The summed E-state index contributed by atoms with van der Waals surface area (Å²) < 4.78 is 24.4. The highest BCUT2D eigenvalue weighted by Gasteiger charge is 2.26. The Labute approximate surface area is 210 Å². The molecule has 0 aromatic heterocycles. The lowest BCUT2D eigenvalue weighted by molar-refractivity contribution is -0.119. The quantitative estimate of drug-likeness (QED) is 0.493. The Morgan fingerprint density at radius 3 is 2.50 bits per heavy atom. The predicted octanol–water partition coefficient (Wildman–Crippen LogP) is 2.88. The molecule has 1 aliphatic heterocycles. The molecule has 2 N–H and O–H groups in total. The van der Waals surface area contributed by atoms with E-state index >= 15 is 0 Å². The molecule has 2 aromatic carbocycles. The summed E-state index contributed by atoms with van der Waals surface area (Å²) in [5.41, 5.74) is 1.10. The van der Waals surface area contributed by atoms with Gasteiger partial charge in [-0.05, 0) is 61.4 Å². The molecule has 36 heavy (non-hydrogen) atoms. The standard InChI is InChI=1S/C27H31FN4O4/c1-19(33)30-17-23(32-13-11-25(12-14-32)36-24-7-5-22(28)6-8-24)18-31-27(34)10-4-21-15-20(16-29)3-9-26(21)35-2/h3-10,15,23,25H,11-14,17-18H2,1-2H3,(H,30,33)(H,31,34)/b10-4+/t23-/m0/s1. The number of piperidine rings is 1. The van der Waals surface area contributed by atoms with Gasteiger partial charge in [0.15, 0.2) is 0 Å². The third kappa shape index (κ3) is 8.10. The van der Waals surface area contributed by atoms with Crippen LogP contribution in [0.25, 0.3) is 6.08 Å². The molecule has 1 atom stereocenters. The smallest absolute Gasteiger partial charge is 0.244 e. The van der Waals surface area contributed by atoms with Crippen molar-refractivity contribution in [3.8, 4) is 17.6 Å². The van der Waals surface area contributed by atoms with Crippen LogP contribution in [0.2, 0.25) is 0 Å². The Hall–Kier alpha value is -3.90. The SMILES string of the molecule is COc1ccc(C#N)cc1/C=C/C(=O)NC[C@H](CNC(C)=O)N1CCC(Oc2ccc(F)cc2)CC1. The number of methoxy groups -OCH3 is 1. The normalized spacial score (nSPS) is 15.2. The minimum Gasteiger partial charge on any atom is -0.496 e. The Morgan fingerprint density at radius 1 is 1.17 bits per heavy atom. The summed E-state index contributed by atoms with van der Waals surface area (Å²) in [6.45, 7) is 3.69. The molecule has 0 bridgehead atoms. The topological polar surface area (TPSA) is 104 Å². The first-order chi connectivity index (χ1) is 17.4. The van der Waals surface area contributed by atoms with Crippen LogP contribution in [0.15, 0.2) is 48.5 Å². The van der Waals surface area contributed by atoms with Crippen LogP contribution < -0.4 is 20.1 Å². The van der Waals surface area contributed by atoms with Crippen molar-refractivity contribution in [1.29, 1.82) is 5.26 Å². The minimum atomic E-state index is -0.301. The molecule has 8 nitrogen and oxygen atoms in total. The van der Waals surface area contributed by atoms with E-state index in [-0.39, 0.29) is 29.8 Å². The molecule has 1 aliphatic rings. The van der Waals surface area contributed by atoms with Gasteiger partial charge in [0.25, 0.3) is 0 Å². The van der Waals surface area contributed by atoms with E-state index in [9.17, 15) is 14.0 Å². The van der Waals surface area contributed by atoms with E-state index < -0.39 is 0 Å². The van der Waals surface area contributed by atoms with Gasteiger partial charge in [0.1, 0.15) is 23.4 Å². The molecule has 0 radical (unpaired) electrons. The van der Waals surface area contributed by atoms with E-state index in [0.29, 0.717) is 35.7 Å². The number of hydrogen-bond donors (Lipinski definition) is 2. The van der Waals surface area contributed by atoms with Crippen LogP contribution in [0.1, 0.15) is 30.9 Å². The number of nitriles is 1. The fourth-order valence-corrected chi connectivity index (χ4v) is 4.03. The van der Waals surface area contributed by atoms with Crippen molar-refractivity contribution in [2.75, 3.05) is 33.3 Å². The van der Waals surface area contributed by atoms with Gasteiger partial charge in [0.2, 0.25) is 11.8 Å². The molecular weight excluding hydrogens is 463 g/mol. The zero-order valence-corrected chi connectivity index (χ0v) is 20.5. The zero-order chi connectivity index (χ0) is 25.9. The van der Waals surface area contributed by atoms with Gasteiger partial charge in [-0.3, -0.25) is 14.5 Å². The molecule has 1 saturated heterocycles. The lowest BCUT2D eigenvalue weighted by atomic mass is 10.0. The van der Waals surface area contributed by atoms with E-state index in [0.717, 1.165) is 25.9 Å². The lowest BCUT2D eigenvalue weighted by Crippen LogP contribution is -2.53. The molecule has 2 amide bonds. The number of likely N-dealkylation sites (tertiary alicyclic amines) is 1. The number of halogens is 1. The molecule has 1 fully saturated rings. The van der Waals surface area contributed by atoms with Crippen LogP contribution in [-0.4, -0.2) is 62.1 Å². The first-order valence-corrected chi connectivity index (χ1v) is 11.8. The molecule has 0 aliphatic carbocycles. The van der Waals surface area contributed by atoms with E-state index in [1.807, 2.05) is 0 Å². The monoisotopic (exact) mass is 494 g/mol. The van der Waals surface area contributed by atoms with Crippen molar-refractivity contribution in [2.24, 2.45) is 0 Å². The van der Waals surface area contributed by atoms with Crippen LogP contribution in [0.3, 0.4) is 0 Å². The van der Waals surface area contributed by atoms with E-state index in [1.165, 1.54) is 32.2 Å². The molecule has 0 spiro atoms. The van der Waals surface area contributed by atoms with E-state index in [1.54, 1.807) is 36.4 Å². The molecule has 2 aromatic rings. The van der Waals surface area contributed by atoms with Crippen LogP contribution in [0, 0.1) is 17.1 Å². The Bertz CT molecular complexity index is 1110. The summed E-state index contributed by atoms with van der Waals surface area (Å²) in [7, 11) is 1.53. The molecule has 0 unspecified atom stereocenters. The lowest BCUT2D eigenvalue weighted by Gasteiger charge is -2.37. The maximum Gasteiger partial charge on any atom is 0.244 e. The van der Waals surface area contributed by atoms with Gasteiger partial charge in [0, 0.05) is 50.8 Å². The van der Waals surface area contributed by atoms with Crippen LogP contribution in [0.4, 0.5) is 4.39 Å². The van der Waals surface area contributed by atoms with Gasteiger partial charge in [-0.25, -0.2) is 4.39 Å². The molecule has 3 rings (SSSR count). The van der Waals surface area contributed by atoms with Crippen molar-refractivity contribution in [1.82, 2.24) is 15.5 Å². The highest BCUT2D eigenvalue weighted by molar-refractivity contribution is 5.92. The maximum absolute atomic E-state index is 13.1. The second-order valence-electron chi connectivity index (χ2n) is 8.55. The average Bonchev–Trinajstić information content (AvgIpc) is 2.89. The van der Waals surface area contributed by atoms with Gasteiger partial charge in [-0.2, -0.15) is 5.26 Å². The molecular formula is C27H31FN4O4. The summed E-state index contributed by atoms with van der Waals surface area (Å²) >= 11 is 0. The van der Waals surface area contributed by atoms with Crippen LogP contribution in [0.5, 0.6) is 11.5 Å². The summed E-state index contributed by atoms with van der Waals surface area (Å²) in [5.74, 6) is 0.477. The van der Waals surface area contributed by atoms with Crippen molar-refractivity contribution in [2.45, 2.75) is 31.9 Å². The largest absolute Gasteiger partial charge is 0.496 e. The number of nitrogens with one attached hydrogen (secondary N) is 2. The number of carbonyl (C=O) groups excluding carboxylic acids is 2. The van der Waals surface area contributed by atoms with Crippen molar-refractivity contribution in [3.63, 3.8) is 0 Å². The average molecular weight is 495 g/mol. The summed E-state index contributed by atoms with van der Waals surface area (Å²) in [6.07, 6.45) is 4.57. The second-order valence-corrected chi connectivity index (χ2v) is 8.55. The number of ether oxygens (including phenoxy) is 2. The Kier molecular flexibility index (Phi) is 9.83. The maximum atomic E-state index is 13.1. The second kappa shape index (κ2) is 13.3. The summed E-state index contributed by atoms with van der Waals surface area (Å²) in [6, 6.07) is 13.0. The fraction of sp³-hybridized carbons (Fsp3) is 0.370. The highest BCUT2D eigenvalue weighted by atomic mass is 19.1. The van der Waals surface area contributed by atoms with Crippen molar-refractivity contribution in [3.05, 3.63) is 65.5 Å². The van der Waals surface area contributed by atoms with Gasteiger partial charge < -0.3 is 20.1 Å². The third-order valence-electron chi connectivity index (χ3n) is 5.98. The van der Waals surface area contributed by atoms with Crippen LogP contribution >= 0.6 is 0 Å². The number of benzene rings is 2. The first-order valence-electron chi connectivity index (χ1n) is 11.8. The fourth-order valence-electron chi connectivity index (χ4n) is 4.03. The highest BCUT2D eigenvalue weighted by Crippen LogP contribution is 2.22. The van der Waals surface area contributed by atoms with Gasteiger partial charge in [0.05, 0.1) is 18.7 Å². The predicted molar refractivity (Wildman–Crippen MR) is 134 cm³/mol. The Balaban J connectivity index is 1.55. The minimum absolute atomic E-state index is 0.0183. The molecule has 0 saturated carbocycles. The Morgan fingerprint density at radius 2 is 1.86 bits per heavy atom. The van der Waals surface area contributed by atoms with E-state index in [4.69, 9.17) is 14.7 Å². The number of hydrogen-bond acceptors (Lipinski definition) is 6. The molecule has 9 heteroatoms. The zero-order valence-electron chi connectivity index (χ0n) is 20.5. The van der Waals surface area contributed by atoms with Crippen molar-refractivity contribution >= 4 is 17.9 Å². The summed E-state index contributed by atoms with van der Waals surface area (Å²) in [5, 5.41) is 14.9. The van der Waals surface area contributed by atoms with Crippen LogP contribution in [-0.2, 0) is 9.59 Å².